The number of benzene rings is 2. The Morgan fingerprint density at radius 3 is 2.76 bits per heavy atom. The standard InChI is InChI=1S/C21H20N2O6/c1-13-9-20(25)29-18-10-15(7-8-16(13)18)28-12-19(24)23-22-11-14-5-4-6-17(26-2)21(14)27-3/h4-11H,12H2,1-3H3,(H,23,24)/b22-11-. The van der Waals surface area contributed by atoms with Crippen molar-refractivity contribution in [3.05, 3.63) is 64.0 Å². The zero-order valence-electron chi connectivity index (χ0n) is 16.2. The van der Waals surface area contributed by atoms with Crippen LogP contribution >= 0.6 is 0 Å². The number of carbonyl (C=O) groups is 1. The zero-order chi connectivity index (χ0) is 20.8. The number of carbonyl (C=O) groups excluding carboxylic acids is 1. The van der Waals surface area contributed by atoms with Crippen molar-refractivity contribution in [1.82, 2.24) is 5.43 Å². The molecule has 0 atom stereocenters. The summed E-state index contributed by atoms with van der Waals surface area (Å²) in [6, 6.07) is 11.8. The van der Waals surface area contributed by atoms with Gasteiger partial charge in [-0.2, -0.15) is 5.10 Å². The average molecular weight is 396 g/mol. The highest BCUT2D eigenvalue weighted by Gasteiger charge is 2.08. The zero-order valence-corrected chi connectivity index (χ0v) is 16.2. The Kier molecular flexibility index (Phi) is 6.13. The summed E-state index contributed by atoms with van der Waals surface area (Å²) < 4.78 is 21.1. The third-order valence-corrected chi connectivity index (χ3v) is 4.12. The molecule has 1 aromatic heterocycles. The van der Waals surface area contributed by atoms with E-state index >= 15 is 0 Å². The summed E-state index contributed by atoms with van der Waals surface area (Å²) in [5.41, 5.74) is 3.80. The maximum Gasteiger partial charge on any atom is 0.336 e. The number of para-hydroxylation sites is 1. The lowest BCUT2D eigenvalue weighted by molar-refractivity contribution is -0.123. The molecule has 1 N–H and O–H groups in total. The first-order valence-electron chi connectivity index (χ1n) is 8.72. The molecule has 3 aromatic rings. The van der Waals surface area contributed by atoms with E-state index in [4.69, 9.17) is 18.6 Å². The molecule has 0 saturated heterocycles. The van der Waals surface area contributed by atoms with E-state index in [0.29, 0.717) is 28.4 Å². The fourth-order valence-corrected chi connectivity index (χ4v) is 2.76. The molecule has 1 amide bonds. The molecule has 0 fully saturated rings. The molecule has 0 unspecified atom stereocenters. The molecule has 0 bridgehead atoms. The summed E-state index contributed by atoms with van der Waals surface area (Å²) in [5.74, 6) is 1.02. The van der Waals surface area contributed by atoms with E-state index in [1.807, 2.05) is 6.92 Å². The van der Waals surface area contributed by atoms with Gasteiger partial charge in [-0.05, 0) is 36.8 Å². The second-order valence-electron chi connectivity index (χ2n) is 6.07. The second-order valence-corrected chi connectivity index (χ2v) is 6.07. The number of nitrogens with zero attached hydrogens (tertiary/aromatic N) is 1. The van der Waals surface area contributed by atoms with Crippen molar-refractivity contribution in [3.8, 4) is 17.2 Å². The van der Waals surface area contributed by atoms with Gasteiger partial charge in [0.15, 0.2) is 18.1 Å². The molecule has 2 aromatic carbocycles. The molecule has 150 valence electrons. The average Bonchev–Trinajstić information content (AvgIpc) is 2.71. The molecule has 29 heavy (non-hydrogen) atoms. The Balaban J connectivity index is 1.61. The fraction of sp³-hybridized carbons (Fsp3) is 0.190. The molecule has 8 nitrogen and oxygen atoms in total. The van der Waals surface area contributed by atoms with Gasteiger partial charge in [-0.25, -0.2) is 10.2 Å². The summed E-state index contributed by atoms with van der Waals surface area (Å²) in [7, 11) is 3.06. The number of amides is 1. The predicted octanol–water partition coefficient (Wildman–Crippen LogP) is 2.65. The molecule has 0 radical (unpaired) electrons. The van der Waals surface area contributed by atoms with Crippen molar-refractivity contribution in [3.63, 3.8) is 0 Å². The van der Waals surface area contributed by atoms with Crippen molar-refractivity contribution >= 4 is 23.1 Å². The number of aryl methyl sites for hydroxylation is 1. The number of fused-ring (bicyclic) bond motifs is 1. The van der Waals surface area contributed by atoms with Crippen LogP contribution in [0.15, 0.2) is 56.8 Å². The largest absolute Gasteiger partial charge is 0.493 e. The van der Waals surface area contributed by atoms with Crippen molar-refractivity contribution in [2.75, 3.05) is 20.8 Å². The number of hydrogen-bond donors (Lipinski definition) is 1. The first-order valence-corrected chi connectivity index (χ1v) is 8.72. The minimum Gasteiger partial charge on any atom is -0.493 e. The Labute approximate surface area is 166 Å². The maximum atomic E-state index is 12.0. The molecule has 8 heteroatoms. The third-order valence-electron chi connectivity index (χ3n) is 4.12. The number of hydrogen-bond acceptors (Lipinski definition) is 7. The van der Waals surface area contributed by atoms with Crippen LogP contribution in [-0.4, -0.2) is 32.9 Å². The lowest BCUT2D eigenvalue weighted by Crippen LogP contribution is -2.24. The fourth-order valence-electron chi connectivity index (χ4n) is 2.76. The number of methoxy groups -OCH3 is 2. The van der Waals surface area contributed by atoms with Crippen LogP contribution in [0.25, 0.3) is 11.0 Å². The first-order chi connectivity index (χ1) is 14.0. The lowest BCUT2D eigenvalue weighted by Gasteiger charge is -2.09. The summed E-state index contributed by atoms with van der Waals surface area (Å²) in [4.78, 5) is 23.5. The van der Waals surface area contributed by atoms with Crippen molar-refractivity contribution in [1.29, 1.82) is 0 Å². The van der Waals surface area contributed by atoms with Crippen LogP contribution in [0.4, 0.5) is 0 Å². The third kappa shape index (κ3) is 4.73. The molecule has 0 aliphatic heterocycles. The number of ether oxygens (including phenoxy) is 3. The van der Waals surface area contributed by atoms with Crippen LogP contribution < -0.4 is 25.3 Å². The number of hydrazone groups is 1. The predicted molar refractivity (Wildman–Crippen MR) is 108 cm³/mol. The van der Waals surface area contributed by atoms with Gasteiger partial charge in [0, 0.05) is 23.1 Å². The van der Waals surface area contributed by atoms with E-state index in [1.54, 1.807) is 36.4 Å². The van der Waals surface area contributed by atoms with Gasteiger partial charge in [0.1, 0.15) is 11.3 Å². The van der Waals surface area contributed by atoms with Gasteiger partial charge in [0.2, 0.25) is 0 Å². The SMILES string of the molecule is COc1cccc(/C=N\NC(=O)COc2ccc3c(C)cc(=O)oc3c2)c1OC. The molecular formula is C21H20N2O6. The highest BCUT2D eigenvalue weighted by Crippen LogP contribution is 2.29. The molecule has 0 aliphatic rings. The van der Waals surface area contributed by atoms with E-state index in [2.05, 4.69) is 10.5 Å². The maximum absolute atomic E-state index is 12.0. The van der Waals surface area contributed by atoms with Gasteiger partial charge in [-0.15, -0.1) is 0 Å². The van der Waals surface area contributed by atoms with E-state index in [-0.39, 0.29) is 6.61 Å². The summed E-state index contributed by atoms with van der Waals surface area (Å²) in [5, 5.41) is 4.71. The summed E-state index contributed by atoms with van der Waals surface area (Å²) in [6.07, 6.45) is 1.45. The Morgan fingerprint density at radius 1 is 1.17 bits per heavy atom. The number of rotatable bonds is 7. The van der Waals surface area contributed by atoms with E-state index in [9.17, 15) is 9.59 Å². The first kappa shape index (κ1) is 19.9. The Bertz CT molecular complexity index is 1120. The highest BCUT2D eigenvalue weighted by molar-refractivity contribution is 5.87. The van der Waals surface area contributed by atoms with Gasteiger partial charge < -0.3 is 18.6 Å². The van der Waals surface area contributed by atoms with Crippen LogP contribution in [0.1, 0.15) is 11.1 Å². The van der Waals surface area contributed by atoms with E-state index in [1.165, 1.54) is 26.5 Å². The topological polar surface area (TPSA) is 99.4 Å². The minimum atomic E-state index is -0.450. The van der Waals surface area contributed by atoms with Gasteiger partial charge in [-0.1, -0.05) is 6.07 Å². The minimum absolute atomic E-state index is 0.256. The lowest BCUT2D eigenvalue weighted by atomic mass is 10.1. The Morgan fingerprint density at radius 2 is 2.00 bits per heavy atom. The number of nitrogens with one attached hydrogen (secondary N) is 1. The quantitative estimate of drug-likeness (QED) is 0.374. The van der Waals surface area contributed by atoms with E-state index < -0.39 is 11.5 Å². The van der Waals surface area contributed by atoms with Crippen molar-refractivity contribution in [2.24, 2.45) is 5.10 Å². The van der Waals surface area contributed by atoms with Crippen molar-refractivity contribution in [2.45, 2.75) is 6.92 Å². The molecular weight excluding hydrogens is 376 g/mol. The summed E-state index contributed by atoms with van der Waals surface area (Å²) >= 11 is 0. The molecule has 0 saturated carbocycles. The smallest absolute Gasteiger partial charge is 0.336 e. The second kappa shape index (κ2) is 8.92. The van der Waals surface area contributed by atoms with Crippen LogP contribution in [0, 0.1) is 6.92 Å². The molecule has 0 aliphatic carbocycles. The monoisotopic (exact) mass is 396 g/mol. The van der Waals surface area contributed by atoms with E-state index in [0.717, 1.165) is 10.9 Å². The van der Waals surface area contributed by atoms with Crippen LogP contribution in [0.3, 0.4) is 0 Å². The van der Waals surface area contributed by atoms with Crippen molar-refractivity contribution < 1.29 is 23.4 Å². The summed E-state index contributed by atoms with van der Waals surface area (Å²) in [6.45, 7) is 1.57. The van der Waals surface area contributed by atoms with Crippen LogP contribution in [-0.2, 0) is 4.79 Å². The molecule has 3 rings (SSSR count). The normalized spacial score (nSPS) is 10.9. The molecule has 1 heterocycles. The van der Waals surface area contributed by atoms with Gasteiger partial charge in [-0.3, -0.25) is 4.79 Å². The van der Waals surface area contributed by atoms with Gasteiger partial charge in [0.05, 0.1) is 20.4 Å². The highest BCUT2D eigenvalue weighted by atomic mass is 16.5. The van der Waals surface area contributed by atoms with Gasteiger partial charge >= 0.3 is 5.63 Å². The van der Waals surface area contributed by atoms with Crippen LogP contribution in [0.5, 0.6) is 17.2 Å². The molecule has 0 spiro atoms. The Hall–Kier alpha value is -3.81. The van der Waals surface area contributed by atoms with Crippen LogP contribution in [0.2, 0.25) is 0 Å². The van der Waals surface area contributed by atoms with Gasteiger partial charge in [0.25, 0.3) is 5.91 Å².